The Morgan fingerprint density at radius 1 is 1.29 bits per heavy atom. The maximum Gasteiger partial charge on any atom is 0.260 e. The standard InChI is InChI=1S/C18H17ClN2O2S/c1-10-4-5-13(8-16(10)19)7-14-9-20-18(24-14)21-17(22)15-6-11(2)23-12(15)3/h4-6,8-9H,7H2,1-3H3,(H,20,21,22). The summed E-state index contributed by atoms with van der Waals surface area (Å²) < 4.78 is 5.39. The number of thiazole rings is 1. The minimum Gasteiger partial charge on any atom is -0.466 e. The first kappa shape index (κ1) is 16.7. The molecule has 0 atom stereocenters. The number of halogens is 1. The van der Waals surface area contributed by atoms with E-state index in [0.29, 0.717) is 22.2 Å². The molecule has 4 nitrogen and oxygen atoms in total. The molecule has 1 aromatic carbocycles. The van der Waals surface area contributed by atoms with Crippen LogP contribution in [0.5, 0.6) is 0 Å². The highest BCUT2D eigenvalue weighted by Crippen LogP contribution is 2.24. The first-order valence-corrected chi connectivity index (χ1v) is 8.70. The number of hydrogen-bond donors (Lipinski definition) is 1. The quantitative estimate of drug-likeness (QED) is 0.699. The maximum atomic E-state index is 12.3. The van der Waals surface area contributed by atoms with Crippen molar-refractivity contribution in [3.8, 4) is 0 Å². The van der Waals surface area contributed by atoms with Gasteiger partial charge in [-0.15, -0.1) is 11.3 Å². The summed E-state index contributed by atoms with van der Waals surface area (Å²) in [6.07, 6.45) is 2.51. The summed E-state index contributed by atoms with van der Waals surface area (Å²) in [5.41, 5.74) is 2.71. The van der Waals surface area contributed by atoms with Gasteiger partial charge in [0.05, 0.1) is 5.56 Å². The van der Waals surface area contributed by atoms with Crippen LogP contribution in [-0.4, -0.2) is 10.9 Å². The van der Waals surface area contributed by atoms with E-state index in [2.05, 4.69) is 16.4 Å². The minimum absolute atomic E-state index is 0.205. The number of hydrogen-bond acceptors (Lipinski definition) is 4. The van der Waals surface area contributed by atoms with E-state index in [1.165, 1.54) is 11.3 Å². The lowest BCUT2D eigenvalue weighted by Gasteiger charge is -2.02. The number of anilines is 1. The molecule has 0 fully saturated rings. The van der Waals surface area contributed by atoms with Crippen molar-refractivity contribution in [3.05, 3.63) is 68.6 Å². The molecule has 0 aliphatic rings. The predicted molar refractivity (Wildman–Crippen MR) is 97.2 cm³/mol. The van der Waals surface area contributed by atoms with E-state index in [1.807, 2.05) is 26.0 Å². The Balaban J connectivity index is 1.70. The molecule has 1 amide bonds. The van der Waals surface area contributed by atoms with Crippen LogP contribution < -0.4 is 5.32 Å². The van der Waals surface area contributed by atoms with Gasteiger partial charge in [0.15, 0.2) is 5.13 Å². The summed E-state index contributed by atoms with van der Waals surface area (Å²) >= 11 is 7.62. The molecule has 124 valence electrons. The van der Waals surface area contributed by atoms with Crippen molar-refractivity contribution >= 4 is 34.0 Å². The number of nitrogens with zero attached hydrogens (tertiary/aromatic N) is 1. The average molecular weight is 361 g/mol. The monoisotopic (exact) mass is 360 g/mol. The Bertz CT molecular complexity index is 898. The summed E-state index contributed by atoms with van der Waals surface area (Å²) in [6.45, 7) is 5.57. The first-order valence-electron chi connectivity index (χ1n) is 7.50. The fraction of sp³-hybridized carbons (Fsp3) is 0.222. The molecule has 6 heteroatoms. The molecule has 2 aromatic heterocycles. The third-order valence-electron chi connectivity index (χ3n) is 3.67. The number of carbonyl (C=O) groups is 1. The normalized spacial score (nSPS) is 10.8. The van der Waals surface area contributed by atoms with E-state index in [4.69, 9.17) is 16.0 Å². The Kier molecular flexibility index (Phi) is 4.73. The van der Waals surface area contributed by atoms with Gasteiger partial charge in [-0.05, 0) is 44.0 Å². The summed E-state index contributed by atoms with van der Waals surface area (Å²) in [5, 5.41) is 4.16. The molecule has 0 saturated carbocycles. The second-order valence-corrected chi connectivity index (χ2v) is 7.20. The molecule has 0 radical (unpaired) electrons. The molecule has 3 rings (SSSR count). The lowest BCUT2D eigenvalue weighted by molar-refractivity contribution is 0.102. The van der Waals surface area contributed by atoms with Crippen molar-refractivity contribution in [1.29, 1.82) is 0 Å². The highest BCUT2D eigenvalue weighted by atomic mass is 35.5. The van der Waals surface area contributed by atoms with Gasteiger partial charge in [0.25, 0.3) is 5.91 Å². The van der Waals surface area contributed by atoms with Crippen LogP contribution in [0.15, 0.2) is 34.9 Å². The van der Waals surface area contributed by atoms with Gasteiger partial charge in [0.1, 0.15) is 11.5 Å². The van der Waals surface area contributed by atoms with Crippen molar-refractivity contribution in [1.82, 2.24) is 4.98 Å². The van der Waals surface area contributed by atoms with Gasteiger partial charge in [-0.2, -0.15) is 0 Å². The van der Waals surface area contributed by atoms with Gasteiger partial charge in [-0.1, -0.05) is 23.7 Å². The Morgan fingerprint density at radius 3 is 2.75 bits per heavy atom. The fourth-order valence-corrected chi connectivity index (χ4v) is 3.46. The largest absolute Gasteiger partial charge is 0.466 e. The molecule has 2 heterocycles. The van der Waals surface area contributed by atoms with E-state index < -0.39 is 0 Å². The van der Waals surface area contributed by atoms with Crippen molar-refractivity contribution in [2.24, 2.45) is 0 Å². The van der Waals surface area contributed by atoms with Crippen LogP contribution in [0.1, 0.15) is 37.9 Å². The van der Waals surface area contributed by atoms with Crippen LogP contribution in [0, 0.1) is 20.8 Å². The van der Waals surface area contributed by atoms with E-state index in [-0.39, 0.29) is 5.91 Å². The molecule has 0 spiro atoms. The average Bonchev–Trinajstić information content (AvgIpc) is 3.09. The Labute approximate surface area is 149 Å². The van der Waals surface area contributed by atoms with Crippen molar-refractivity contribution in [2.75, 3.05) is 5.32 Å². The van der Waals surface area contributed by atoms with E-state index in [0.717, 1.165) is 27.4 Å². The molecule has 0 aliphatic heterocycles. The summed E-state index contributed by atoms with van der Waals surface area (Å²) in [6, 6.07) is 7.75. The van der Waals surface area contributed by atoms with Gasteiger partial charge in [0, 0.05) is 22.5 Å². The molecular formula is C18H17ClN2O2S. The van der Waals surface area contributed by atoms with Crippen LogP contribution in [0.25, 0.3) is 0 Å². The molecular weight excluding hydrogens is 344 g/mol. The number of amides is 1. The Hall–Kier alpha value is -2.11. The van der Waals surface area contributed by atoms with Gasteiger partial charge >= 0.3 is 0 Å². The van der Waals surface area contributed by atoms with Gasteiger partial charge < -0.3 is 4.42 Å². The first-order chi connectivity index (χ1) is 11.4. The van der Waals surface area contributed by atoms with Gasteiger partial charge in [0.2, 0.25) is 0 Å². The zero-order chi connectivity index (χ0) is 17.3. The summed E-state index contributed by atoms with van der Waals surface area (Å²) in [5.74, 6) is 1.12. The van der Waals surface area contributed by atoms with Crippen LogP contribution in [-0.2, 0) is 6.42 Å². The number of aromatic nitrogens is 1. The number of benzene rings is 1. The van der Waals surface area contributed by atoms with Crippen molar-refractivity contribution in [3.63, 3.8) is 0 Å². The molecule has 1 N–H and O–H groups in total. The third kappa shape index (κ3) is 3.68. The van der Waals surface area contributed by atoms with E-state index in [1.54, 1.807) is 19.2 Å². The lowest BCUT2D eigenvalue weighted by atomic mass is 10.1. The summed E-state index contributed by atoms with van der Waals surface area (Å²) in [4.78, 5) is 17.6. The van der Waals surface area contributed by atoms with E-state index >= 15 is 0 Å². The highest BCUT2D eigenvalue weighted by Gasteiger charge is 2.15. The van der Waals surface area contributed by atoms with Crippen molar-refractivity contribution in [2.45, 2.75) is 27.2 Å². The molecule has 0 unspecified atom stereocenters. The van der Waals surface area contributed by atoms with Crippen LogP contribution in [0.2, 0.25) is 5.02 Å². The third-order valence-corrected chi connectivity index (χ3v) is 4.99. The Morgan fingerprint density at radius 2 is 2.08 bits per heavy atom. The smallest absolute Gasteiger partial charge is 0.260 e. The SMILES string of the molecule is Cc1cc(C(=O)Nc2ncc(Cc3ccc(C)c(Cl)c3)s2)c(C)o1. The maximum absolute atomic E-state index is 12.3. The lowest BCUT2D eigenvalue weighted by Crippen LogP contribution is -2.11. The highest BCUT2D eigenvalue weighted by molar-refractivity contribution is 7.15. The van der Waals surface area contributed by atoms with E-state index in [9.17, 15) is 4.79 Å². The zero-order valence-electron chi connectivity index (χ0n) is 13.6. The van der Waals surface area contributed by atoms with Crippen LogP contribution in [0.4, 0.5) is 5.13 Å². The van der Waals surface area contributed by atoms with Crippen LogP contribution >= 0.6 is 22.9 Å². The topological polar surface area (TPSA) is 55.1 Å². The molecule has 24 heavy (non-hydrogen) atoms. The molecule has 0 bridgehead atoms. The van der Waals surface area contributed by atoms with Crippen molar-refractivity contribution < 1.29 is 9.21 Å². The minimum atomic E-state index is -0.205. The zero-order valence-corrected chi connectivity index (χ0v) is 15.2. The molecule has 3 aromatic rings. The van der Waals surface area contributed by atoms with Crippen LogP contribution in [0.3, 0.4) is 0 Å². The second kappa shape index (κ2) is 6.79. The van der Waals surface area contributed by atoms with Gasteiger partial charge in [-0.3, -0.25) is 10.1 Å². The molecule has 0 saturated heterocycles. The molecule has 0 aliphatic carbocycles. The second-order valence-electron chi connectivity index (χ2n) is 5.67. The number of nitrogens with one attached hydrogen (secondary N) is 1. The number of aryl methyl sites for hydroxylation is 3. The predicted octanol–water partition coefficient (Wildman–Crippen LogP) is 5.16. The number of furan rings is 1. The number of carbonyl (C=O) groups excluding carboxylic acids is 1. The number of rotatable bonds is 4. The fourth-order valence-electron chi connectivity index (χ4n) is 2.42. The summed E-state index contributed by atoms with van der Waals surface area (Å²) in [7, 11) is 0. The van der Waals surface area contributed by atoms with Gasteiger partial charge in [-0.25, -0.2) is 4.98 Å².